The fourth-order valence-electron chi connectivity index (χ4n) is 3.37. The summed E-state index contributed by atoms with van der Waals surface area (Å²) >= 11 is 7.81. The SMILES string of the molecule is O=C(c1cc([N+](=O)[O-])ccc1Cl)N1CC[NH+](Cc2nc3ccccc3s2)CC1. The zero-order chi connectivity index (χ0) is 19.7. The summed E-state index contributed by atoms with van der Waals surface area (Å²) in [6.07, 6.45) is 0. The fourth-order valence-corrected chi connectivity index (χ4v) is 4.61. The van der Waals surface area contributed by atoms with Gasteiger partial charge in [-0.25, -0.2) is 4.98 Å². The third-order valence-corrected chi connectivity index (χ3v) is 6.25. The van der Waals surface area contributed by atoms with Crippen molar-refractivity contribution in [2.75, 3.05) is 26.2 Å². The third kappa shape index (κ3) is 3.84. The van der Waals surface area contributed by atoms with Gasteiger partial charge in [0.05, 0.1) is 51.9 Å². The molecule has 7 nitrogen and oxygen atoms in total. The van der Waals surface area contributed by atoms with Crippen LogP contribution in [-0.2, 0) is 6.54 Å². The quantitative estimate of drug-likeness (QED) is 0.522. The zero-order valence-electron chi connectivity index (χ0n) is 14.9. The van der Waals surface area contributed by atoms with Crippen molar-refractivity contribution in [3.05, 3.63) is 68.2 Å². The van der Waals surface area contributed by atoms with Crippen molar-refractivity contribution in [2.24, 2.45) is 0 Å². The normalized spacial score (nSPS) is 15.1. The van der Waals surface area contributed by atoms with Crippen molar-refractivity contribution in [1.82, 2.24) is 9.88 Å². The van der Waals surface area contributed by atoms with E-state index in [-0.39, 0.29) is 22.2 Å². The number of benzene rings is 2. The lowest BCUT2D eigenvalue weighted by Gasteiger charge is -2.32. The van der Waals surface area contributed by atoms with Gasteiger partial charge in [-0.05, 0) is 18.2 Å². The molecule has 2 aromatic carbocycles. The van der Waals surface area contributed by atoms with Gasteiger partial charge in [0, 0.05) is 12.1 Å². The van der Waals surface area contributed by atoms with Crippen molar-refractivity contribution in [3.63, 3.8) is 0 Å². The Morgan fingerprint density at radius 2 is 2.00 bits per heavy atom. The maximum absolute atomic E-state index is 12.8. The summed E-state index contributed by atoms with van der Waals surface area (Å²) in [7, 11) is 0. The lowest BCUT2D eigenvalue weighted by molar-refractivity contribution is -0.917. The maximum atomic E-state index is 12.8. The Balaban J connectivity index is 1.40. The summed E-state index contributed by atoms with van der Waals surface area (Å²) in [5.41, 5.74) is 1.08. The van der Waals surface area contributed by atoms with Crippen LogP contribution in [0, 0.1) is 10.1 Å². The number of para-hydroxylation sites is 1. The van der Waals surface area contributed by atoms with E-state index in [1.165, 1.54) is 27.8 Å². The maximum Gasteiger partial charge on any atom is 0.270 e. The summed E-state index contributed by atoms with van der Waals surface area (Å²) < 4.78 is 1.19. The highest BCUT2D eigenvalue weighted by Crippen LogP contribution is 2.24. The topological polar surface area (TPSA) is 80.8 Å². The molecular formula is C19H18ClN4O3S+. The molecule has 1 aliphatic heterocycles. The number of aromatic nitrogens is 1. The Morgan fingerprint density at radius 1 is 1.25 bits per heavy atom. The number of piperazine rings is 1. The first-order chi connectivity index (χ1) is 13.5. The van der Waals surface area contributed by atoms with Crippen molar-refractivity contribution in [2.45, 2.75) is 6.54 Å². The standard InChI is InChI=1S/C19H17ClN4O3S/c20-15-6-5-13(24(26)27)11-14(15)19(25)23-9-7-22(8-10-23)12-18-21-16-3-1-2-4-17(16)28-18/h1-6,11H,7-10,12H2/p+1. The van der Waals surface area contributed by atoms with Gasteiger partial charge in [0.15, 0.2) is 0 Å². The van der Waals surface area contributed by atoms with Gasteiger partial charge in [-0.15, -0.1) is 11.3 Å². The minimum absolute atomic E-state index is 0.132. The van der Waals surface area contributed by atoms with E-state index in [9.17, 15) is 14.9 Å². The number of nitro groups is 1. The first kappa shape index (κ1) is 18.8. The number of halogens is 1. The molecule has 28 heavy (non-hydrogen) atoms. The number of rotatable bonds is 4. The van der Waals surface area contributed by atoms with E-state index >= 15 is 0 Å². The molecule has 0 aliphatic carbocycles. The first-order valence-corrected chi connectivity index (χ1v) is 10.1. The summed E-state index contributed by atoms with van der Waals surface area (Å²) in [5.74, 6) is -0.257. The minimum atomic E-state index is -0.521. The van der Waals surface area contributed by atoms with Crippen LogP contribution in [0.3, 0.4) is 0 Å². The molecule has 0 bridgehead atoms. The Morgan fingerprint density at radius 3 is 2.71 bits per heavy atom. The highest BCUT2D eigenvalue weighted by atomic mass is 35.5. The molecule has 4 rings (SSSR count). The van der Waals surface area contributed by atoms with Crippen LogP contribution in [0.1, 0.15) is 15.4 Å². The summed E-state index contributed by atoms with van der Waals surface area (Å²) in [4.78, 5) is 31.0. The van der Waals surface area contributed by atoms with Crippen LogP contribution >= 0.6 is 22.9 Å². The first-order valence-electron chi connectivity index (χ1n) is 8.92. The highest BCUT2D eigenvalue weighted by Gasteiger charge is 2.27. The van der Waals surface area contributed by atoms with Crippen LogP contribution in [0.15, 0.2) is 42.5 Å². The number of non-ortho nitro benzene ring substituents is 1. The smallest absolute Gasteiger partial charge is 0.270 e. The van der Waals surface area contributed by atoms with E-state index in [4.69, 9.17) is 11.6 Å². The van der Waals surface area contributed by atoms with Gasteiger partial charge in [0.2, 0.25) is 0 Å². The molecule has 1 saturated heterocycles. The molecular weight excluding hydrogens is 400 g/mol. The number of nitrogens with zero attached hydrogens (tertiary/aromatic N) is 3. The number of nitro benzene ring substituents is 1. The molecule has 0 saturated carbocycles. The van der Waals surface area contributed by atoms with Gasteiger partial charge in [0.25, 0.3) is 11.6 Å². The van der Waals surface area contributed by atoms with Crippen molar-refractivity contribution >= 4 is 44.7 Å². The van der Waals surface area contributed by atoms with E-state index in [2.05, 4.69) is 11.1 Å². The fraction of sp³-hybridized carbons (Fsp3) is 0.263. The van der Waals surface area contributed by atoms with Crippen LogP contribution in [0.4, 0.5) is 5.69 Å². The molecule has 9 heteroatoms. The second-order valence-electron chi connectivity index (χ2n) is 6.72. The largest absolute Gasteiger partial charge is 0.327 e. The van der Waals surface area contributed by atoms with E-state index in [1.807, 2.05) is 18.2 Å². The third-order valence-electron chi connectivity index (χ3n) is 4.89. The second-order valence-corrected chi connectivity index (χ2v) is 8.24. The predicted molar refractivity (Wildman–Crippen MR) is 108 cm³/mol. The van der Waals surface area contributed by atoms with Crippen molar-refractivity contribution < 1.29 is 14.6 Å². The highest BCUT2D eigenvalue weighted by molar-refractivity contribution is 7.18. The molecule has 0 radical (unpaired) electrons. The number of fused-ring (bicyclic) bond motifs is 1. The summed E-state index contributed by atoms with van der Waals surface area (Å²) in [6.45, 7) is 3.59. The van der Waals surface area contributed by atoms with Gasteiger partial charge in [-0.1, -0.05) is 23.7 Å². The minimum Gasteiger partial charge on any atom is -0.327 e. The van der Waals surface area contributed by atoms with Gasteiger partial charge in [0.1, 0.15) is 11.6 Å². The molecule has 1 amide bonds. The Bertz CT molecular complexity index is 1010. The van der Waals surface area contributed by atoms with E-state index in [0.29, 0.717) is 13.1 Å². The zero-order valence-corrected chi connectivity index (χ0v) is 16.5. The van der Waals surface area contributed by atoms with Gasteiger partial charge in [-0.3, -0.25) is 14.9 Å². The number of carbonyl (C=O) groups is 1. The number of hydrogen-bond donors (Lipinski definition) is 1. The van der Waals surface area contributed by atoms with Gasteiger partial charge in [-0.2, -0.15) is 0 Å². The van der Waals surface area contributed by atoms with E-state index in [0.717, 1.165) is 30.2 Å². The summed E-state index contributed by atoms with van der Waals surface area (Å²) in [5, 5.41) is 12.3. The van der Waals surface area contributed by atoms with Crippen molar-refractivity contribution in [3.8, 4) is 0 Å². The average molecular weight is 418 g/mol. The van der Waals surface area contributed by atoms with Crippen LogP contribution in [0.25, 0.3) is 10.2 Å². The monoisotopic (exact) mass is 417 g/mol. The van der Waals surface area contributed by atoms with E-state index < -0.39 is 4.92 Å². The Labute approximate surface area is 170 Å². The Kier molecular flexibility index (Phi) is 5.25. The molecule has 0 spiro atoms. The number of carbonyl (C=O) groups excluding carboxylic acids is 1. The molecule has 0 atom stereocenters. The number of quaternary nitrogens is 1. The summed E-state index contributed by atoms with van der Waals surface area (Å²) in [6, 6.07) is 12.1. The van der Waals surface area contributed by atoms with E-state index in [1.54, 1.807) is 16.2 Å². The number of thiazole rings is 1. The van der Waals surface area contributed by atoms with Crippen LogP contribution in [0.2, 0.25) is 5.02 Å². The molecule has 1 aliphatic rings. The molecule has 2 heterocycles. The van der Waals surface area contributed by atoms with Gasteiger partial charge < -0.3 is 9.80 Å². The average Bonchev–Trinajstić information content (AvgIpc) is 3.10. The number of nitrogens with one attached hydrogen (secondary N) is 1. The molecule has 3 aromatic rings. The lowest BCUT2D eigenvalue weighted by atomic mass is 10.1. The van der Waals surface area contributed by atoms with Crippen LogP contribution < -0.4 is 4.90 Å². The van der Waals surface area contributed by atoms with Crippen LogP contribution in [-0.4, -0.2) is 46.9 Å². The Hall–Kier alpha value is -2.55. The molecule has 1 fully saturated rings. The molecule has 144 valence electrons. The van der Waals surface area contributed by atoms with Crippen LogP contribution in [0.5, 0.6) is 0 Å². The second kappa shape index (κ2) is 7.83. The molecule has 1 N–H and O–H groups in total. The number of hydrogen-bond acceptors (Lipinski definition) is 5. The molecule has 0 unspecified atom stereocenters. The molecule has 1 aromatic heterocycles. The number of amides is 1. The van der Waals surface area contributed by atoms with Crippen molar-refractivity contribution in [1.29, 1.82) is 0 Å². The van der Waals surface area contributed by atoms with Gasteiger partial charge >= 0.3 is 0 Å². The lowest BCUT2D eigenvalue weighted by Crippen LogP contribution is -3.13. The predicted octanol–water partition coefficient (Wildman–Crippen LogP) is 2.40.